The normalized spacial score (nSPS) is 15.1. The van der Waals surface area contributed by atoms with Gasteiger partial charge in [0.1, 0.15) is 5.75 Å². The van der Waals surface area contributed by atoms with Crippen molar-refractivity contribution in [3.63, 3.8) is 0 Å². The van der Waals surface area contributed by atoms with E-state index < -0.39 is 24.5 Å². The number of aromatic carboxylic acids is 1. The summed E-state index contributed by atoms with van der Waals surface area (Å²) >= 11 is 6.43. The van der Waals surface area contributed by atoms with Gasteiger partial charge in [0.2, 0.25) is 0 Å². The summed E-state index contributed by atoms with van der Waals surface area (Å²) < 4.78 is 5.54. The van der Waals surface area contributed by atoms with Gasteiger partial charge in [-0.15, -0.1) is 0 Å². The number of hydrogen-bond acceptors (Lipinski definition) is 6. The number of thioether (sulfide) groups is 1. The van der Waals surface area contributed by atoms with Gasteiger partial charge in [0.15, 0.2) is 10.9 Å². The summed E-state index contributed by atoms with van der Waals surface area (Å²) in [5.41, 5.74) is 1.70. The summed E-state index contributed by atoms with van der Waals surface area (Å²) in [4.78, 5) is 36.7. The van der Waals surface area contributed by atoms with Gasteiger partial charge in [0.25, 0.3) is 5.91 Å². The molecule has 148 valence electrons. The first-order chi connectivity index (χ1) is 13.8. The van der Waals surface area contributed by atoms with Gasteiger partial charge in [0.05, 0.1) is 16.2 Å². The van der Waals surface area contributed by atoms with Crippen molar-refractivity contribution >= 4 is 57.9 Å². The molecule has 1 fully saturated rings. The Kier molecular flexibility index (Phi) is 6.00. The highest BCUT2D eigenvalue weighted by Gasteiger charge is 2.34. The summed E-state index contributed by atoms with van der Waals surface area (Å²) in [7, 11) is 0. The first-order valence-electron chi connectivity index (χ1n) is 8.33. The Balaban J connectivity index is 1.95. The molecule has 2 aromatic carbocycles. The molecule has 0 spiro atoms. The van der Waals surface area contributed by atoms with Crippen molar-refractivity contribution in [3.05, 3.63) is 64.1 Å². The number of carbonyl (C=O) groups is 3. The van der Waals surface area contributed by atoms with Crippen LogP contribution in [0.15, 0.2) is 47.4 Å². The lowest BCUT2D eigenvalue weighted by Gasteiger charge is -2.17. The molecule has 1 aliphatic rings. The molecule has 2 aromatic rings. The van der Waals surface area contributed by atoms with Gasteiger partial charge < -0.3 is 14.9 Å². The van der Waals surface area contributed by atoms with E-state index in [0.29, 0.717) is 27.5 Å². The van der Waals surface area contributed by atoms with Crippen molar-refractivity contribution in [2.45, 2.75) is 6.92 Å². The molecular weight excluding hydrogens is 414 g/mol. The molecule has 3 rings (SSSR count). The first-order valence-corrected chi connectivity index (χ1v) is 9.56. The summed E-state index contributed by atoms with van der Waals surface area (Å²) in [6.45, 7) is 1.26. The Hall–Kier alpha value is -3.17. The molecule has 0 aliphatic carbocycles. The first kappa shape index (κ1) is 20.6. The molecule has 1 heterocycles. The largest absolute Gasteiger partial charge is 0.481 e. The number of carbonyl (C=O) groups excluding carboxylic acids is 1. The van der Waals surface area contributed by atoms with E-state index >= 15 is 0 Å². The van der Waals surface area contributed by atoms with Crippen LogP contribution >= 0.6 is 24.0 Å². The smallest absolute Gasteiger partial charge is 0.341 e. The van der Waals surface area contributed by atoms with Crippen LogP contribution < -0.4 is 9.64 Å². The van der Waals surface area contributed by atoms with Crippen LogP contribution in [-0.2, 0) is 9.59 Å². The molecule has 0 saturated carbocycles. The maximum absolute atomic E-state index is 13.0. The molecule has 0 unspecified atom stereocenters. The van der Waals surface area contributed by atoms with Crippen LogP contribution in [0.4, 0.5) is 5.69 Å². The van der Waals surface area contributed by atoms with E-state index in [1.54, 1.807) is 43.3 Å². The van der Waals surface area contributed by atoms with Crippen LogP contribution in [0.2, 0.25) is 0 Å². The number of benzene rings is 2. The Morgan fingerprint density at radius 2 is 1.93 bits per heavy atom. The van der Waals surface area contributed by atoms with Gasteiger partial charge in [0, 0.05) is 5.56 Å². The van der Waals surface area contributed by atoms with Crippen LogP contribution in [0.1, 0.15) is 21.5 Å². The number of aliphatic carboxylic acids is 1. The zero-order valence-electron chi connectivity index (χ0n) is 15.1. The lowest BCUT2D eigenvalue weighted by Crippen LogP contribution is -2.28. The number of carboxylic acid groups (broad SMARTS) is 2. The third-order valence-corrected chi connectivity index (χ3v) is 5.35. The monoisotopic (exact) mass is 429 g/mol. The average molecular weight is 429 g/mol. The molecule has 1 saturated heterocycles. The van der Waals surface area contributed by atoms with E-state index in [1.807, 2.05) is 0 Å². The Labute approximate surface area is 175 Å². The van der Waals surface area contributed by atoms with E-state index in [4.69, 9.17) is 22.1 Å². The molecule has 9 heteroatoms. The van der Waals surface area contributed by atoms with Crippen molar-refractivity contribution in [2.24, 2.45) is 0 Å². The molecule has 0 aromatic heterocycles. The molecule has 1 aliphatic heterocycles. The molecule has 0 bridgehead atoms. The summed E-state index contributed by atoms with van der Waals surface area (Å²) in [5, 5.41) is 18.0. The van der Waals surface area contributed by atoms with E-state index in [-0.39, 0.29) is 9.88 Å². The predicted molar refractivity (Wildman–Crippen MR) is 113 cm³/mol. The fraction of sp³-hybridized carbons (Fsp3) is 0.100. The quantitative estimate of drug-likeness (QED) is 0.531. The second kappa shape index (κ2) is 8.46. The number of carboxylic acids is 2. The maximum atomic E-state index is 13.0. The van der Waals surface area contributed by atoms with Gasteiger partial charge in [-0.1, -0.05) is 48.2 Å². The molecule has 1 amide bonds. The minimum absolute atomic E-state index is 0.0519. The van der Waals surface area contributed by atoms with Crippen molar-refractivity contribution in [2.75, 3.05) is 11.5 Å². The highest BCUT2D eigenvalue weighted by Crippen LogP contribution is 2.38. The molecule has 29 heavy (non-hydrogen) atoms. The third kappa shape index (κ3) is 4.47. The summed E-state index contributed by atoms with van der Waals surface area (Å²) in [6.07, 6.45) is 1.58. The number of amides is 1. The van der Waals surface area contributed by atoms with Crippen molar-refractivity contribution in [1.82, 2.24) is 0 Å². The zero-order valence-corrected chi connectivity index (χ0v) is 16.8. The summed E-state index contributed by atoms with van der Waals surface area (Å²) in [6, 6.07) is 11.2. The number of nitrogens with zero attached hydrogens (tertiary/aromatic N) is 1. The number of aryl methyl sites for hydroxylation is 1. The van der Waals surface area contributed by atoms with Crippen LogP contribution in [0, 0.1) is 6.92 Å². The van der Waals surface area contributed by atoms with Gasteiger partial charge >= 0.3 is 11.9 Å². The molecule has 2 N–H and O–H groups in total. The Morgan fingerprint density at radius 3 is 2.62 bits per heavy atom. The topological polar surface area (TPSA) is 104 Å². The average Bonchev–Trinajstić information content (AvgIpc) is 2.94. The van der Waals surface area contributed by atoms with E-state index in [1.165, 1.54) is 17.0 Å². The van der Waals surface area contributed by atoms with Crippen LogP contribution in [0.3, 0.4) is 0 Å². The number of hydrogen-bond donors (Lipinski definition) is 2. The highest BCUT2D eigenvalue weighted by atomic mass is 32.2. The number of ether oxygens (including phenoxy) is 1. The molecular formula is C20H15NO6S2. The second-order valence-corrected chi connectivity index (χ2v) is 7.72. The number of thiocarbonyl (C=S) groups is 1. The highest BCUT2D eigenvalue weighted by molar-refractivity contribution is 8.27. The zero-order chi connectivity index (χ0) is 21.1. The van der Waals surface area contributed by atoms with Crippen LogP contribution in [0.25, 0.3) is 6.08 Å². The predicted octanol–water partition coefficient (Wildman–Crippen LogP) is 3.56. The SMILES string of the molecule is Cc1ccc(C(=O)O)cc1N1C(=O)/C(=C/c2ccccc2OCC(=O)O)SC1=S. The van der Waals surface area contributed by atoms with Crippen molar-refractivity contribution in [1.29, 1.82) is 0 Å². The minimum atomic E-state index is -1.11. The van der Waals surface area contributed by atoms with Gasteiger partial charge in [-0.3, -0.25) is 9.69 Å². The van der Waals surface area contributed by atoms with Crippen LogP contribution in [0.5, 0.6) is 5.75 Å². The minimum Gasteiger partial charge on any atom is -0.481 e. The lowest BCUT2D eigenvalue weighted by atomic mass is 10.1. The standard InChI is InChI=1S/C20H15NO6S2/c1-11-6-7-13(19(25)26)8-14(11)21-18(24)16(29-20(21)28)9-12-4-2-3-5-15(12)27-10-17(22)23/h2-9H,10H2,1H3,(H,22,23)(H,25,26)/b16-9-. The molecule has 7 nitrogen and oxygen atoms in total. The maximum Gasteiger partial charge on any atom is 0.341 e. The number of anilines is 1. The van der Waals surface area contributed by atoms with E-state index in [9.17, 15) is 19.5 Å². The number of rotatable bonds is 6. The van der Waals surface area contributed by atoms with Crippen molar-refractivity contribution < 1.29 is 29.3 Å². The van der Waals surface area contributed by atoms with Crippen LogP contribution in [-0.4, -0.2) is 39.0 Å². The second-order valence-electron chi connectivity index (χ2n) is 6.04. The molecule has 0 atom stereocenters. The Morgan fingerprint density at radius 1 is 1.21 bits per heavy atom. The number of para-hydroxylation sites is 1. The third-order valence-electron chi connectivity index (χ3n) is 4.05. The fourth-order valence-electron chi connectivity index (χ4n) is 2.67. The Bertz CT molecular complexity index is 1060. The lowest BCUT2D eigenvalue weighted by molar-refractivity contribution is -0.139. The summed E-state index contributed by atoms with van der Waals surface area (Å²) in [5.74, 6) is -2.28. The van der Waals surface area contributed by atoms with Crippen molar-refractivity contribution in [3.8, 4) is 5.75 Å². The molecule has 0 radical (unpaired) electrons. The van der Waals surface area contributed by atoms with E-state index in [2.05, 4.69) is 0 Å². The van der Waals surface area contributed by atoms with E-state index in [0.717, 1.165) is 11.8 Å². The van der Waals surface area contributed by atoms with Gasteiger partial charge in [-0.05, 0) is 36.8 Å². The van der Waals surface area contributed by atoms with Gasteiger partial charge in [-0.2, -0.15) is 0 Å². The van der Waals surface area contributed by atoms with Gasteiger partial charge in [-0.25, -0.2) is 9.59 Å². The fourth-order valence-corrected chi connectivity index (χ4v) is 3.95.